The number of ether oxygens (including phenoxy) is 1. The number of aryl methyl sites for hydroxylation is 2. The normalized spacial score (nSPS) is 22.0. The van der Waals surface area contributed by atoms with Gasteiger partial charge in [-0.1, -0.05) is 12.1 Å². The SMILES string of the molecule is Cc1cccc2nc(CNC(=O)C3CCCOC3C)n(C)c12. The van der Waals surface area contributed by atoms with E-state index in [-0.39, 0.29) is 17.9 Å². The van der Waals surface area contributed by atoms with E-state index < -0.39 is 0 Å². The molecule has 1 aliphatic rings. The Labute approximate surface area is 130 Å². The number of nitrogens with zero attached hydrogens (tertiary/aromatic N) is 2. The van der Waals surface area contributed by atoms with E-state index in [1.54, 1.807) is 0 Å². The maximum atomic E-state index is 12.3. The first-order valence-corrected chi connectivity index (χ1v) is 7.88. The molecule has 0 aliphatic carbocycles. The third-order valence-corrected chi connectivity index (χ3v) is 4.55. The Morgan fingerprint density at radius 1 is 1.50 bits per heavy atom. The van der Waals surface area contributed by atoms with E-state index >= 15 is 0 Å². The predicted octanol–water partition coefficient (Wildman–Crippen LogP) is 2.31. The first-order chi connectivity index (χ1) is 10.6. The maximum Gasteiger partial charge on any atom is 0.226 e. The molecule has 0 radical (unpaired) electrons. The first-order valence-electron chi connectivity index (χ1n) is 7.88. The van der Waals surface area contributed by atoms with E-state index in [1.165, 1.54) is 5.56 Å². The molecule has 2 heterocycles. The lowest BCUT2D eigenvalue weighted by Gasteiger charge is -2.27. The fourth-order valence-electron chi connectivity index (χ4n) is 3.24. The van der Waals surface area contributed by atoms with Gasteiger partial charge in [0, 0.05) is 13.7 Å². The summed E-state index contributed by atoms with van der Waals surface area (Å²) in [5.41, 5.74) is 3.29. The van der Waals surface area contributed by atoms with E-state index in [2.05, 4.69) is 27.9 Å². The summed E-state index contributed by atoms with van der Waals surface area (Å²) in [4.78, 5) is 17.0. The minimum atomic E-state index is -0.0508. The number of hydrogen-bond acceptors (Lipinski definition) is 3. The Kier molecular flexibility index (Phi) is 4.16. The van der Waals surface area contributed by atoms with Gasteiger partial charge < -0.3 is 14.6 Å². The predicted molar refractivity (Wildman–Crippen MR) is 85.4 cm³/mol. The van der Waals surface area contributed by atoms with Crippen molar-refractivity contribution in [2.24, 2.45) is 13.0 Å². The lowest BCUT2D eigenvalue weighted by atomic mass is 9.94. The smallest absolute Gasteiger partial charge is 0.226 e. The number of benzene rings is 1. The highest BCUT2D eigenvalue weighted by Crippen LogP contribution is 2.21. The van der Waals surface area contributed by atoms with Crippen molar-refractivity contribution >= 4 is 16.9 Å². The fourth-order valence-corrected chi connectivity index (χ4v) is 3.24. The van der Waals surface area contributed by atoms with Gasteiger partial charge in [-0.25, -0.2) is 4.98 Å². The molecule has 1 amide bonds. The number of hydrogen-bond donors (Lipinski definition) is 1. The monoisotopic (exact) mass is 301 g/mol. The van der Waals surface area contributed by atoms with Crippen molar-refractivity contribution in [1.82, 2.24) is 14.9 Å². The van der Waals surface area contributed by atoms with Gasteiger partial charge in [0.15, 0.2) is 0 Å². The van der Waals surface area contributed by atoms with Gasteiger partial charge >= 0.3 is 0 Å². The third kappa shape index (κ3) is 2.73. The molecule has 1 aliphatic heterocycles. The van der Waals surface area contributed by atoms with Gasteiger partial charge in [-0.15, -0.1) is 0 Å². The average Bonchev–Trinajstić information content (AvgIpc) is 2.83. The number of carbonyl (C=O) groups is 1. The summed E-state index contributed by atoms with van der Waals surface area (Å²) in [6.07, 6.45) is 1.85. The molecule has 3 rings (SSSR count). The number of amides is 1. The van der Waals surface area contributed by atoms with Gasteiger partial charge in [-0.2, -0.15) is 0 Å². The maximum absolute atomic E-state index is 12.3. The molecular weight excluding hydrogens is 278 g/mol. The van der Waals surface area contributed by atoms with E-state index in [0.717, 1.165) is 36.3 Å². The lowest BCUT2D eigenvalue weighted by molar-refractivity contribution is -0.133. The van der Waals surface area contributed by atoms with Crippen molar-refractivity contribution < 1.29 is 9.53 Å². The fraction of sp³-hybridized carbons (Fsp3) is 0.529. The van der Waals surface area contributed by atoms with Crippen molar-refractivity contribution in [2.75, 3.05) is 6.61 Å². The van der Waals surface area contributed by atoms with Gasteiger partial charge in [0.25, 0.3) is 0 Å². The minimum absolute atomic E-state index is 0.00330. The van der Waals surface area contributed by atoms with Crippen molar-refractivity contribution in [1.29, 1.82) is 0 Å². The summed E-state index contributed by atoms with van der Waals surface area (Å²) in [7, 11) is 2.00. The van der Waals surface area contributed by atoms with Crippen LogP contribution in [0.4, 0.5) is 0 Å². The zero-order valence-electron chi connectivity index (χ0n) is 13.4. The molecule has 118 valence electrons. The van der Waals surface area contributed by atoms with Crippen LogP contribution in [0, 0.1) is 12.8 Å². The van der Waals surface area contributed by atoms with Gasteiger partial charge in [-0.3, -0.25) is 4.79 Å². The van der Waals surface area contributed by atoms with Gasteiger partial charge in [0.2, 0.25) is 5.91 Å². The highest BCUT2D eigenvalue weighted by Gasteiger charge is 2.28. The highest BCUT2D eigenvalue weighted by atomic mass is 16.5. The van der Waals surface area contributed by atoms with E-state index in [0.29, 0.717) is 6.54 Å². The van der Waals surface area contributed by atoms with Crippen molar-refractivity contribution in [3.05, 3.63) is 29.6 Å². The number of para-hydroxylation sites is 1. The van der Waals surface area contributed by atoms with Crippen molar-refractivity contribution in [3.8, 4) is 0 Å². The molecular formula is C17H23N3O2. The molecule has 0 saturated carbocycles. The number of carbonyl (C=O) groups excluding carboxylic acids is 1. The van der Waals surface area contributed by atoms with Crippen LogP contribution in [-0.4, -0.2) is 28.2 Å². The summed E-state index contributed by atoms with van der Waals surface area (Å²) < 4.78 is 7.63. The van der Waals surface area contributed by atoms with Crippen LogP contribution in [0.1, 0.15) is 31.2 Å². The number of fused-ring (bicyclic) bond motifs is 1. The summed E-state index contributed by atoms with van der Waals surface area (Å²) >= 11 is 0. The largest absolute Gasteiger partial charge is 0.378 e. The quantitative estimate of drug-likeness (QED) is 0.946. The zero-order chi connectivity index (χ0) is 15.7. The topological polar surface area (TPSA) is 56.1 Å². The number of aromatic nitrogens is 2. The number of rotatable bonds is 3. The van der Waals surface area contributed by atoms with Crippen LogP contribution in [0.15, 0.2) is 18.2 Å². The summed E-state index contributed by atoms with van der Waals surface area (Å²) in [6.45, 7) is 5.26. The number of imidazole rings is 1. The Morgan fingerprint density at radius 2 is 2.32 bits per heavy atom. The van der Waals surface area contributed by atoms with Crippen LogP contribution < -0.4 is 5.32 Å². The second kappa shape index (κ2) is 6.08. The minimum Gasteiger partial charge on any atom is -0.378 e. The Morgan fingerprint density at radius 3 is 3.05 bits per heavy atom. The summed E-state index contributed by atoms with van der Waals surface area (Å²) in [5.74, 6) is 0.892. The van der Waals surface area contributed by atoms with Crippen LogP contribution >= 0.6 is 0 Å². The molecule has 1 N–H and O–H groups in total. The molecule has 1 fully saturated rings. The van der Waals surface area contributed by atoms with E-state index in [9.17, 15) is 4.79 Å². The highest BCUT2D eigenvalue weighted by molar-refractivity contribution is 5.81. The van der Waals surface area contributed by atoms with Crippen LogP contribution in [0.5, 0.6) is 0 Å². The number of nitrogens with one attached hydrogen (secondary N) is 1. The van der Waals surface area contributed by atoms with Crippen LogP contribution in [-0.2, 0) is 23.1 Å². The van der Waals surface area contributed by atoms with Gasteiger partial charge in [0.05, 0.1) is 29.6 Å². The molecule has 1 aromatic heterocycles. The average molecular weight is 301 g/mol. The van der Waals surface area contributed by atoms with E-state index in [4.69, 9.17) is 4.74 Å². The van der Waals surface area contributed by atoms with E-state index in [1.807, 2.05) is 26.1 Å². The second-order valence-electron chi connectivity index (χ2n) is 6.07. The molecule has 1 aromatic carbocycles. The molecule has 0 bridgehead atoms. The lowest BCUT2D eigenvalue weighted by Crippen LogP contribution is -2.40. The third-order valence-electron chi connectivity index (χ3n) is 4.55. The molecule has 5 heteroatoms. The Bertz CT molecular complexity index is 693. The summed E-state index contributed by atoms with van der Waals surface area (Å²) in [6, 6.07) is 6.09. The first kappa shape index (κ1) is 15.0. The molecule has 2 unspecified atom stereocenters. The molecule has 1 saturated heterocycles. The van der Waals surface area contributed by atoms with Crippen LogP contribution in [0.3, 0.4) is 0 Å². The Balaban J connectivity index is 1.72. The van der Waals surface area contributed by atoms with Gasteiger partial charge in [0.1, 0.15) is 5.82 Å². The molecule has 5 nitrogen and oxygen atoms in total. The second-order valence-corrected chi connectivity index (χ2v) is 6.07. The van der Waals surface area contributed by atoms with Crippen molar-refractivity contribution in [2.45, 2.75) is 39.3 Å². The Hall–Kier alpha value is -1.88. The molecule has 22 heavy (non-hydrogen) atoms. The summed E-state index contributed by atoms with van der Waals surface area (Å²) in [5, 5.41) is 3.02. The molecule has 2 atom stereocenters. The van der Waals surface area contributed by atoms with Crippen LogP contribution in [0.2, 0.25) is 0 Å². The molecule has 0 spiro atoms. The molecule has 2 aromatic rings. The zero-order valence-corrected chi connectivity index (χ0v) is 13.4. The van der Waals surface area contributed by atoms with Crippen LogP contribution in [0.25, 0.3) is 11.0 Å². The standard InChI is InChI=1S/C17H23N3O2/c1-11-6-4-8-14-16(11)20(3)15(19-14)10-18-17(21)13-7-5-9-22-12(13)2/h4,6,8,12-13H,5,7,9-10H2,1-3H3,(H,18,21). The van der Waals surface area contributed by atoms with Gasteiger partial charge in [-0.05, 0) is 38.3 Å². The van der Waals surface area contributed by atoms with Crippen molar-refractivity contribution in [3.63, 3.8) is 0 Å².